The second-order valence-corrected chi connectivity index (χ2v) is 5.24. The van der Waals surface area contributed by atoms with Gasteiger partial charge in [0.2, 0.25) is 5.91 Å². The van der Waals surface area contributed by atoms with Crippen molar-refractivity contribution in [2.75, 3.05) is 17.7 Å². The highest BCUT2D eigenvalue weighted by Gasteiger charge is 2.03. The first-order valence-corrected chi connectivity index (χ1v) is 7.29. The highest BCUT2D eigenvalue weighted by Crippen LogP contribution is 2.17. The topological polar surface area (TPSA) is 62.2 Å². The first-order chi connectivity index (χ1) is 9.78. The molecule has 2 rings (SSSR count). The van der Waals surface area contributed by atoms with Crippen molar-refractivity contribution in [3.05, 3.63) is 54.4 Å². The first kappa shape index (κ1) is 14.6. The molecule has 4 nitrogen and oxygen atoms in total. The van der Waals surface area contributed by atoms with E-state index in [2.05, 4.69) is 10.3 Å². The van der Waals surface area contributed by atoms with Crippen LogP contribution in [-0.2, 0) is 11.2 Å². The van der Waals surface area contributed by atoms with Crippen LogP contribution in [0.1, 0.15) is 5.56 Å². The smallest absolute Gasteiger partial charge is 0.234 e. The number of nitrogens with zero attached hydrogens (tertiary/aromatic N) is 1. The number of nitrogens with one attached hydrogen (secondary N) is 1. The van der Waals surface area contributed by atoms with Gasteiger partial charge in [-0.15, -0.1) is 11.8 Å². The molecule has 0 aliphatic heterocycles. The summed E-state index contributed by atoms with van der Waals surface area (Å²) >= 11 is 1.47. The van der Waals surface area contributed by atoms with E-state index in [1.807, 2.05) is 36.4 Å². The summed E-state index contributed by atoms with van der Waals surface area (Å²) in [6, 6.07) is 11.3. The Balaban J connectivity index is 1.82. The van der Waals surface area contributed by atoms with E-state index in [1.54, 1.807) is 12.4 Å². The molecular formula is C15H16N2O2S. The zero-order valence-electron chi connectivity index (χ0n) is 11.0. The fourth-order valence-electron chi connectivity index (χ4n) is 1.66. The number of hydrogen-bond acceptors (Lipinski definition) is 4. The van der Waals surface area contributed by atoms with Crippen molar-refractivity contribution in [3.63, 3.8) is 0 Å². The minimum absolute atomic E-state index is 0.0401. The first-order valence-electron chi connectivity index (χ1n) is 6.30. The second-order valence-electron chi connectivity index (χ2n) is 4.19. The lowest BCUT2D eigenvalue weighted by molar-refractivity contribution is -0.113. The van der Waals surface area contributed by atoms with Gasteiger partial charge in [-0.2, -0.15) is 0 Å². The van der Waals surface area contributed by atoms with Crippen LogP contribution in [0.15, 0.2) is 53.7 Å². The summed E-state index contributed by atoms with van der Waals surface area (Å²) in [5.74, 6) is 0.323. The number of carbonyl (C=O) groups is 1. The highest BCUT2D eigenvalue weighted by molar-refractivity contribution is 8.00. The number of thioether (sulfide) groups is 1. The monoisotopic (exact) mass is 288 g/mol. The maximum atomic E-state index is 11.8. The Morgan fingerprint density at radius 1 is 1.15 bits per heavy atom. The fraction of sp³-hybridized carbons (Fsp3) is 0.200. The maximum absolute atomic E-state index is 11.8. The van der Waals surface area contributed by atoms with E-state index in [0.717, 1.165) is 16.1 Å². The lowest BCUT2D eigenvalue weighted by Gasteiger charge is -2.06. The zero-order chi connectivity index (χ0) is 14.2. The van der Waals surface area contributed by atoms with Crippen LogP contribution in [0.25, 0.3) is 0 Å². The SMILES string of the molecule is O=C(CSc1ccncc1)Nc1ccc(CCO)cc1. The third-order valence-corrected chi connectivity index (χ3v) is 3.67. The van der Waals surface area contributed by atoms with Crippen LogP contribution in [0.5, 0.6) is 0 Å². The summed E-state index contributed by atoms with van der Waals surface area (Å²) in [5, 5.41) is 11.7. The molecule has 0 radical (unpaired) electrons. The molecule has 0 atom stereocenters. The van der Waals surface area contributed by atoms with Crippen molar-refractivity contribution in [2.45, 2.75) is 11.3 Å². The predicted octanol–water partition coefficient (Wildman–Crippen LogP) is 2.35. The normalized spacial score (nSPS) is 10.2. The number of rotatable bonds is 6. The third-order valence-electron chi connectivity index (χ3n) is 2.66. The van der Waals surface area contributed by atoms with Crippen LogP contribution >= 0.6 is 11.8 Å². The average molecular weight is 288 g/mol. The minimum atomic E-state index is -0.0401. The van der Waals surface area contributed by atoms with E-state index in [-0.39, 0.29) is 12.5 Å². The van der Waals surface area contributed by atoms with Crippen molar-refractivity contribution < 1.29 is 9.90 Å². The van der Waals surface area contributed by atoms with Gasteiger partial charge in [-0.25, -0.2) is 0 Å². The van der Waals surface area contributed by atoms with Gasteiger partial charge in [0, 0.05) is 29.6 Å². The highest BCUT2D eigenvalue weighted by atomic mass is 32.2. The molecule has 0 saturated heterocycles. The van der Waals surface area contributed by atoms with E-state index in [4.69, 9.17) is 5.11 Å². The lowest BCUT2D eigenvalue weighted by Crippen LogP contribution is -2.13. The molecule has 1 heterocycles. The Morgan fingerprint density at radius 3 is 2.50 bits per heavy atom. The third kappa shape index (κ3) is 4.68. The van der Waals surface area contributed by atoms with Gasteiger partial charge in [0.15, 0.2) is 0 Å². The van der Waals surface area contributed by atoms with Gasteiger partial charge in [-0.05, 0) is 36.2 Å². The van der Waals surface area contributed by atoms with Crippen molar-refractivity contribution in [1.29, 1.82) is 0 Å². The van der Waals surface area contributed by atoms with Crippen LogP contribution < -0.4 is 5.32 Å². The number of aliphatic hydroxyl groups is 1. The molecule has 0 spiro atoms. The summed E-state index contributed by atoms with van der Waals surface area (Å²) in [6.07, 6.45) is 4.05. The number of amides is 1. The quantitative estimate of drug-likeness (QED) is 0.801. The standard InChI is InChI=1S/C15H16N2O2S/c18-10-7-12-1-3-13(4-2-12)17-15(19)11-20-14-5-8-16-9-6-14/h1-6,8-9,18H,7,10-11H2,(H,17,19). The maximum Gasteiger partial charge on any atom is 0.234 e. The summed E-state index contributed by atoms with van der Waals surface area (Å²) in [7, 11) is 0. The molecule has 104 valence electrons. The number of benzene rings is 1. The Bertz CT molecular complexity index is 544. The molecule has 5 heteroatoms. The molecule has 0 aliphatic rings. The molecule has 1 amide bonds. The van der Waals surface area contributed by atoms with E-state index in [0.29, 0.717) is 12.2 Å². The largest absolute Gasteiger partial charge is 0.396 e. The van der Waals surface area contributed by atoms with Crippen molar-refractivity contribution in [2.24, 2.45) is 0 Å². The number of carbonyl (C=O) groups excluding carboxylic acids is 1. The molecule has 0 saturated carbocycles. The summed E-state index contributed by atoms with van der Waals surface area (Å²) in [6.45, 7) is 0.133. The van der Waals surface area contributed by atoms with E-state index in [9.17, 15) is 4.79 Å². The molecule has 0 unspecified atom stereocenters. The summed E-state index contributed by atoms with van der Waals surface area (Å²) in [5.41, 5.74) is 1.82. The molecule has 2 aromatic rings. The van der Waals surface area contributed by atoms with Gasteiger partial charge < -0.3 is 10.4 Å². The van der Waals surface area contributed by atoms with Gasteiger partial charge >= 0.3 is 0 Å². The molecule has 1 aromatic heterocycles. The van der Waals surface area contributed by atoms with Crippen LogP contribution in [0.2, 0.25) is 0 Å². The molecule has 0 fully saturated rings. The fourth-order valence-corrected chi connectivity index (χ4v) is 2.35. The van der Waals surface area contributed by atoms with E-state index in [1.165, 1.54) is 11.8 Å². The molecule has 2 N–H and O–H groups in total. The zero-order valence-corrected chi connectivity index (χ0v) is 11.8. The van der Waals surface area contributed by atoms with Crippen LogP contribution in [0.3, 0.4) is 0 Å². The van der Waals surface area contributed by atoms with Gasteiger partial charge in [0.1, 0.15) is 0 Å². The van der Waals surface area contributed by atoms with Crippen LogP contribution in [-0.4, -0.2) is 28.4 Å². The van der Waals surface area contributed by atoms with Crippen LogP contribution in [0.4, 0.5) is 5.69 Å². The molecule has 20 heavy (non-hydrogen) atoms. The predicted molar refractivity (Wildman–Crippen MR) is 80.8 cm³/mol. The number of aliphatic hydroxyl groups excluding tert-OH is 1. The van der Waals surface area contributed by atoms with Crippen LogP contribution in [0, 0.1) is 0 Å². The van der Waals surface area contributed by atoms with Crippen molar-refractivity contribution in [3.8, 4) is 0 Å². The number of aromatic nitrogens is 1. The Hall–Kier alpha value is -1.85. The van der Waals surface area contributed by atoms with Gasteiger partial charge in [0.05, 0.1) is 5.75 Å². The summed E-state index contributed by atoms with van der Waals surface area (Å²) in [4.78, 5) is 16.8. The van der Waals surface area contributed by atoms with E-state index >= 15 is 0 Å². The lowest BCUT2D eigenvalue weighted by atomic mass is 10.1. The van der Waals surface area contributed by atoms with E-state index < -0.39 is 0 Å². The van der Waals surface area contributed by atoms with Crippen molar-refractivity contribution in [1.82, 2.24) is 4.98 Å². The minimum Gasteiger partial charge on any atom is -0.396 e. The summed E-state index contributed by atoms with van der Waals surface area (Å²) < 4.78 is 0. The molecule has 1 aromatic carbocycles. The van der Waals surface area contributed by atoms with Gasteiger partial charge in [0.25, 0.3) is 0 Å². The Labute approximate surface area is 122 Å². The second kappa shape index (κ2) is 7.67. The number of pyridine rings is 1. The molecular weight excluding hydrogens is 272 g/mol. The molecule has 0 aliphatic carbocycles. The molecule has 0 bridgehead atoms. The van der Waals surface area contributed by atoms with Gasteiger partial charge in [-0.3, -0.25) is 9.78 Å². The van der Waals surface area contributed by atoms with Gasteiger partial charge in [-0.1, -0.05) is 12.1 Å². The number of anilines is 1. The average Bonchev–Trinajstić information content (AvgIpc) is 2.49. The number of hydrogen-bond donors (Lipinski definition) is 2. The Morgan fingerprint density at radius 2 is 1.85 bits per heavy atom. The van der Waals surface area contributed by atoms with Crippen molar-refractivity contribution >= 4 is 23.4 Å². The Kier molecular flexibility index (Phi) is 5.58.